The molecular formula is C9H5F3N2OS2. The zero-order valence-electron chi connectivity index (χ0n) is 8.12. The van der Waals surface area contributed by atoms with Crippen LogP contribution in [-0.2, 0) is 11.0 Å². The van der Waals surface area contributed by atoms with Crippen molar-refractivity contribution in [1.82, 2.24) is 4.98 Å². The lowest BCUT2D eigenvalue weighted by atomic mass is 10.3. The number of aromatic nitrogens is 1. The van der Waals surface area contributed by atoms with Gasteiger partial charge in [0.05, 0.1) is 5.51 Å². The number of thiazole rings is 1. The molecule has 1 heterocycles. The van der Waals surface area contributed by atoms with Crippen molar-refractivity contribution in [2.75, 3.05) is 4.72 Å². The van der Waals surface area contributed by atoms with Crippen LogP contribution >= 0.6 is 11.3 Å². The minimum atomic E-state index is -2.17. The summed E-state index contributed by atoms with van der Waals surface area (Å²) in [5.74, 6) is -3.24. The largest absolute Gasteiger partial charge is 0.284 e. The van der Waals surface area contributed by atoms with Gasteiger partial charge in [0.2, 0.25) is 0 Å². The Morgan fingerprint density at radius 2 is 1.88 bits per heavy atom. The number of halogens is 3. The lowest BCUT2D eigenvalue weighted by Crippen LogP contribution is -2.09. The van der Waals surface area contributed by atoms with E-state index in [9.17, 15) is 17.4 Å². The predicted molar refractivity (Wildman–Crippen MR) is 58.5 cm³/mol. The third-order valence-corrected chi connectivity index (χ3v) is 3.52. The molecule has 1 N–H and O–H groups in total. The molecule has 3 nitrogen and oxygen atoms in total. The number of nitrogens with one attached hydrogen (secondary N) is 1. The maximum atomic E-state index is 13.3. The van der Waals surface area contributed by atoms with Crippen LogP contribution in [0.5, 0.6) is 0 Å². The van der Waals surface area contributed by atoms with Crippen LogP contribution < -0.4 is 4.72 Å². The maximum absolute atomic E-state index is 13.3. The van der Waals surface area contributed by atoms with Crippen LogP contribution in [0.4, 0.5) is 19.0 Å². The van der Waals surface area contributed by atoms with Crippen molar-refractivity contribution in [3.8, 4) is 0 Å². The number of hydrogen-bond acceptors (Lipinski definition) is 3. The molecule has 1 atom stereocenters. The first-order chi connectivity index (χ1) is 8.08. The third-order valence-electron chi connectivity index (χ3n) is 1.78. The molecule has 0 saturated heterocycles. The summed E-state index contributed by atoms with van der Waals surface area (Å²) in [7, 11) is -2.17. The second kappa shape index (κ2) is 4.84. The fourth-order valence-electron chi connectivity index (χ4n) is 1.12. The molecule has 0 aliphatic carbocycles. The Balaban J connectivity index is 2.31. The van der Waals surface area contributed by atoms with Crippen molar-refractivity contribution >= 4 is 28.1 Å². The Hall–Kier alpha value is -1.41. The maximum Gasteiger partial charge on any atom is 0.157 e. The molecule has 17 heavy (non-hydrogen) atoms. The van der Waals surface area contributed by atoms with Gasteiger partial charge in [-0.15, -0.1) is 11.3 Å². The molecule has 0 bridgehead atoms. The normalized spacial score (nSPS) is 12.4. The van der Waals surface area contributed by atoms with Gasteiger partial charge in [-0.3, -0.25) is 4.72 Å². The minimum absolute atomic E-state index is 0.233. The number of nitrogens with zero attached hydrogens (tertiary/aromatic N) is 1. The molecular weight excluding hydrogens is 273 g/mol. The molecule has 0 radical (unpaired) electrons. The van der Waals surface area contributed by atoms with Gasteiger partial charge in [-0.25, -0.2) is 22.4 Å². The molecule has 0 aliphatic heterocycles. The summed E-state index contributed by atoms with van der Waals surface area (Å²) in [6, 6.07) is 0.943. The summed E-state index contributed by atoms with van der Waals surface area (Å²) >= 11 is 1.23. The van der Waals surface area contributed by atoms with Gasteiger partial charge in [0.1, 0.15) is 28.2 Å². The van der Waals surface area contributed by atoms with E-state index in [-0.39, 0.29) is 5.82 Å². The second-order valence-electron chi connectivity index (χ2n) is 2.94. The van der Waals surface area contributed by atoms with Crippen molar-refractivity contribution < 1.29 is 17.4 Å². The summed E-state index contributed by atoms with van der Waals surface area (Å²) in [6.45, 7) is 0. The van der Waals surface area contributed by atoms with E-state index < -0.39 is 33.3 Å². The van der Waals surface area contributed by atoms with E-state index in [0.29, 0.717) is 12.1 Å². The quantitative estimate of drug-likeness (QED) is 0.938. The highest BCUT2D eigenvalue weighted by atomic mass is 32.2. The average Bonchev–Trinajstić information content (AvgIpc) is 2.68. The highest BCUT2D eigenvalue weighted by molar-refractivity contribution is 7.86. The molecule has 0 fully saturated rings. The van der Waals surface area contributed by atoms with Gasteiger partial charge < -0.3 is 0 Å². The monoisotopic (exact) mass is 278 g/mol. The van der Waals surface area contributed by atoms with E-state index in [1.807, 2.05) is 0 Å². The van der Waals surface area contributed by atoms with E-state index in [2.05, 4.69) is 9.71 Å². The standard InChI is InChI=1S/C9H5F3N2OS2/c10-5-1-6(11)9(7(12)2-5)17(15)14-8-3-16-4-13-8/h1-4,14H. The number of rotatable bonds is 3. The summed E-state index contributed by atoms with van der Waals surface area (Å²) < 4.78 is 53.1. The van der Waals surface area contributed by atoms with Crippen molar-refractivity contribution in [3.63, 3.8) is 0 Å². The predicted octanol–water partition coefficient (Wildman–Crippen LogP) is 2.70. The molecule has 0 aliphatic rings. The van der Waals surface area contributed by atoms with Gasteiger partial charge in [0.15, 0.2) is 11.0 Å². The van der Waals surface area contributed by atoms with Gasteiger partial charge in [-0.2, -0.15) is 0 Å². The highest BCUT2D eigenvalue weighted by Crippen LogP contribution is 2.20. The molecule has 1 aromatic carbocycles. The molecule has 1 aromatic heterocycles. The average molecular weight is 278 g/mol. The lowest BCUT2D eigenvalue weighted by Gasteiger charge is -2.05. The smallest absolute Gasteiger partial charge is 0.157 e. The van der Waals surface area contributed by atoms with Crippen molar-refractivity contribution in [3.05, 3.63) is 40.5 Å². The Bertz CT molecular complexity index is 536. The van der Waals surface area contributed by atoms with Gasteiger partial charge >= 0.3 is 0 Å². The van der Waals surface area contributed by atoms with E-state index in [1.54, 1.807) is 0 Å². The fraction of sp³-hybridized carbons (Fsp3) is 0. The molecule has 2 rings (SSSR count). The van der Waals surface area contributed by atoms with Crippen LogP contribution in [0.3, 0.4) is 0 Å². The summed E-state index contributed by atoms with van der Waals surface area (Å²) in [4.78, 5) is 3.03. The summed E-state index contributed by atoms with van der Waals surface area (Å²) in [6.07, 6.45) is 0. The van der Waals surface area contributed by atoms with Crippen LogP contribution in [-0.4, -0.2) is 9.19 Å². The van der Waals surface area contributed by atoms with Crippen LogP contribution in [0, 0.1) is 17.5 Å². The van der Waals surface area contributed by atoms with Gasteiger partial charge in [0.25, 0.3) is 0 Å². The van der Waals surface area contributed by atoms with Crippen LogP contribution in [0.1, 0.15) is 0 Å². The molecule has 90 valence electrons. The Kier molecular flexibility index (Phi) is 3.43. The molecule has 1 unspecified atom stereocenters. The molecule has 0 spiro atoms. The topological polar surface area (TPSA) is 42.0 Å². The molecule has 8 heteroatoms. The van der Waals surface area contributed by atoms with Gasteiger partial charge in [-0.1, -0.05) is 0 Å². The van der Waals surface area contributed by atoms with Gasteiger partial charge in [0, 0.05) is 17.5 Å². The molecule has 0 saturated carbocycles. The first-order valence-corrected chi connectivity index (χ1v) is 6.38. The van der Waals surface area contributed by atoms with Crippen LogP contribution in [0.15, 0.2) is 27.9 Å². The summed E-state index contributed by atoms with van der Waals surface area (Å²) in [5.41, 5.74) is 1.47. The Morgan fingerprint density at radius 1 is 1.24 bits per heavy atom. The first kappa shape index (κ1) is 12.1. The van der Waals surface area contributed by atoms with Crippen molar-refractivity contribution in [2.45, 2.75) is 4.90 Å². The van der Waals surface area contributed by atoms with Crippen LogP contribution in [0.25, 0.3) is 0 Å². The highest BCUT2D eigenvalue weighted by Gasteiger charge is 2.18. The van der Waals surface area contributed by atoms with E-state index in [0.717, 1.165) is 0 Å². The third kappa shape index (κ3) is 2.64. The zero-order valence-corrected chi connectivity index (χ0v) is 9.75. The summed E-state index contributed by atoms with van der Waals surface area (Å²) in [5, 5.41) is 1.53. The fourth-order valence-corrected chi connectivity index (χ4v) is 2.55. The van der Waals surface area contributed by atoms with Gasteiger partial charge in [-0.05, 0) is 0 Å². The van der Waals surface area contributed by atoms with Crippen molar-refractivity contribution in [2.24, 2.45) is 0 Å². The molecule has 0 amide bonds. The Labute approximate surface area is 101 Å². The van der Waals surface area contributed by atoms with E-state index in [1.165, 1.54) is 22.2 Å². The minimum Gasteiger partial charge on any atom is -0.284 e. The molecule has 2 aromatic rings. The van der Waals surface area contributed by atoms with Crippen molar-refractivity contribution in [1.29, 1.82) is 0 Å². The zero-order chi connectivity index (χ0) is 12.4. The second-order valence-corrected chi connectivity index (χ2v) is 4.81. The SMILES string of the molecule is O=S(Nc1cscn1)c1c(F)cc(F)cc1F. The Morgan fingerprint density at radius 3 is 2.41 bits per heavy atom. The first-order valence-electron chi connectivity index (χ1n) is 4.29. The lowest BCUT2D eigenvalue weighted by molar-refractivity contribution is 0.507. The van der Waals surface area contributed by atoms with Crippen LogP contribution in [0.2, 0.25) is 0 Å². The number of benzene rings is 1. The van der Waals surface area contributed by atoms with E-state index >= 15 is 0 Å². The number of hydrogen-bond donors (Lipinski definition) is 1. The number of anilines is 1. The van der Waals surface area contributed by atoms with E-state index in [4.69, 9.17) is 0 Å².